The summed E-state index contributed by atoms with van der Waals surface area (Å²) in [6.07, 6.45) is 3.36. The lowest BCUT2D eigenvalue weighted by atomic mass is 9.97. The number of aryl methyl sites for hydroxylation is 2. The molecule has 1 aliphatic carbocycles. The zero-order valence-electron chi connectivity index (χ0n) is 16.6. The summed E-state index contributed by atoms with van der Waals surface area (Å²) in [5.41, 5.74) is 2.08. The van der Waals surface area contributed by atoms with Crippen LogP contribution in [0.4, 0.5) is 0 Å². The molecule has 7 nitrogen and oxygen atoms in total. The van der Waals surface area contributed by atoms with Crippen LogP contribution in [-0.2, 0) is 13.0 Å². The van der Waals surface area contributed by atoms with Gasteiger partial charge >= 0.3 is 0 Å². The molecule has 148 valence electrons. The second-order valence-corrected chi connectivity index (χ2v) is 8.18. The number of methoxy groups -OCH3 is 2. The molecule has 0 amide bonds. The predicted octanol–water partition coefficient (Wildman–Crippen LogP) is 4.03. The van der Waals surface area contributed by atoms with Gasteiger partial charge < -0.3 is 14.0 Å². The first kappa shape index (κ1) is 18.9. The maximum atomic E-state index is 5.52. The number of rotatable bonds is 6. The van der Waals surface area contributed by atoms with Crippen molar-refractivity contribution in [3.63, 3.8) is 0 Å². The first-order valence-electron chi connectivity index (χ1n) is 9.30. The number of hydrogen-bond donors (Lipinski definition) is 0. The number of benzene rings is 1. The molecule has 2 heterocycles. The standard InChI is InChI=1S/C20H24N4O3S/c1-12-21-14-6-5-7-15(19(14)28-12)24(2)11-18-22-20(23-27-18)13-8-9-16(25-3)17(10-13)26-4/h8-10,15H,5-7,11H2,1-4H3. The molecule has 3 aromatic rings. The van der Waals surface area contributed by atoms with E-state index in [1.165, 1.54) is 10.6 Å². The fourth-order valence-corrected chi connectivity index (χ4v) is 4.85. The van der Waals surface area contributed by atoms with Gasteiger partial charge in [0.1, 0.15) is 0 Å². The highest BCUT2D eigenvalue weighted by Crippen LogP contribution is 2.38. The van der Waals surface area contributed by atoms with Gasteiger partial charge in [0.2, 0.25) is 11.7 Å². The van der Waals surface area contributed by atoms with Gasteiger partial charge in [-0.15, -0.1) is 11.3 Å². The van der Waals surface area contributed by atoms with Crippen molar-refractivity contribution in [2.45, 2.75) is 38.8 Å². The zero-order chi connectivity index (χ0) is 19.7. The summed E-state index contributed by atoms with van der Waals surface area (Å²) in [4.78, 5) is 12.9. The van der Waals surface area contributed by atoms with E-state index in [1.807, 2.05) is 18.2 Å². The van der Waals surface area contributed by atoms with E-state index in [9.17, 15) is 0 Å². The number of nitrogens with zero attached hydrogens (tertiary/aromatic N) is 4. The quantitative estimate of drug-likeness (QED) is 0.618. The molecule has 2 aromatic heterocycles. The Labute approximate surface area is 168 Å². The second kappa shape index (κ2) is 7.89. The summed E-state index contributed by atoms with van der Waals surface area (Å²) >= 11 is 1.80. The molecule has 0 radical (unpaired) electrons. The molecule has 4 rings (SSSR count). The molecule has 28 heavy (non-hydrogen) atoms. The van der Waals surface area contributed by atoms with Gasteiger partial charge in [0.25, 0.3) is 0 Å². The van der Waals surface area contributed by atoms with E-state index < -0.39 is 0 Å². The van der Waals surface area contributed by atoms with Crippen molar-refractivity contribution in [3.05, 3.63) is 39.7 Å². The number of thiazole rings is 1. The van der Waals surface area contributed by atoms with Crippen molar-refractivity contribution in [3.8, 4) is 22.9 Å². The minimum absolute atomic E-state index is 0.353. The first-order chi connectivity index (χ1) is 13.6. The average Bonchev–Trinajstić information content (AvgIpc) is 3.32. The lowest BCUT2D eigenvalue weighted by Crippen LogP contribution is -2.26. The largest absolute Gasteiger partial charge is 0.493 e. The Hall–Kier alpha value is -2.45. The third kappa shape index (κ3) is 3.62. The van der Waals surface area contributed by atoms with Crippen molar-refractivity contribution in [1.82, 2.24) is 20.0 Å². The predicted molar refractivity (Wildman–Crippen MR) is 107 cm³/mol. The van der Waals surface area contributed by atoms with Gasteiger partial charge in [0.05, 0.1) is 31.5 Å². The highest BCUT2D eigenvalue weighted by atomic mass is 32.1. The Bertz CT molecular complexity index is 968. The molecule has 1 unspecified atom stereocenters. The molecule has 0 fully saturated rings. The third-order valence-electron chi connectivity index (χ3n) is 5.05. The molecule has 0 aliphatic heterocycles. The molecular weight excluding hydrogens is 376 g/mol. The van der Waals surface area contributed by atoms with Crippen molar-refractivity contribution in [2.75, 3.05) is 21.3 Å². The normalized spacial score (nSPS) is 16.2. The van der Waals surface area contributed by atoms with Crippen LogP contribution in [0.1, 0.15) is 40.4 Å². The summed E-state index contributed by atoms with van der Waals surface area (Å²) in [5, 5.41) is 5.28. The topological polar surface area (TPSA) is 73.5 Å². The SMILES string of the molecule is COc1ccc(-c2noc(CN(C)C3CCCc4nc(C)sc43)n2)cc1OC. The average molecular weight is 401 g/mol. The molecule has 1 aromatic carbocycles. The van der Waals surface area contributed by atoms with Gasteiger partial charge in [-0.1, -0.05) is 5.16 Å². The Morgan fingerprint density at radius 2 is 2.04 bits per heavy atom. The van der Waals surface area contributed by atoms with Crippen molar-refractivity contribution < 1.29 is 14.0 Å². The van der Waals surface area contributed by atoms with E-state index >= 15 is 0 Å². The van der Waals surface area contributed by atoms with Gasteiger partial charge in [0.15, 0.2) is 11.5 Å². The van der Waals surface area contributed by atoms with Gasteiger partial charge in [-0.05, 0) is 51.4 Å². The van der Waals surface area contributed by atoms with Crippen LogP contribution < -0.4 is 9.47 Å². The molecule has 0 N–H and O–H groups in total. The Kier molecular flexibility index (Phi) is 5.32. The van der Waals surface area contributed by atoms with Crippen LogP contribution >= 0.6 is 11.3 Å². The van der Waals surface area contributed by atoms with Gasteiger partial charge in [-0.2, -0.15) is 4.98 Å². The fraction of sp³-hybridized carbons (Fsp3) is 0.450. The molecule has 0 bridgehead atoms. The van der Waals surface area contributed by atoms with Crippen LogP contribution in [0.25, 0.3) is 11.4 Å². The molecule has 0 saturated carbocycles. The van der Waals surface area contributed by atoms with Crippen LogP contribution in [0.2, 0.25) is 0 Å². The fourth-order valence-electron chi connectivity index (χ4n) is 3.68. The summed E-state index contributed by atoms with van der Waals surface area (Å²) in [6.45, 7) is 2.68. The van der Waals surface area contributed by atoms with E-state index in [4.69, 9.17) is 14.0 Å². The Balaban J connectivity index is 1.51. The number of ether oxygens (including phenoxy) is 2. The highest BCUT2D eigenvalue weighted by Gasteiger charge is 2.28. The Morgan fingerprint density at radius 3 is 2.82 bits per heavy atom. The van der Waals surface area contributed by atoms with Gasteiger partial charge in [-0.25, -0.2) is 4.98 Å². The molecule has 0 saturated heterocycles. The van der Waals surface area contributed by atoms with E-state index in [0.717, 1.165) is 29.8 Å². The van der Waals surface area contributed by atoms with Crippen LogP contribution in [0, 0.1) is 6.92 Å². The minimum atomic E-state index is 0.353. The van der Waals surface area contributed by atoms with E-state index in [2.05, 4.69) is 34.0 Å². The lowest BCUT2D eigenvalue weighted by molar-refractivity contribution is 0.189. The molecular formula is C20H24N4O3S. The highest BCUT2D eigenvalue weighted by molar-refractivity contribution is 7.11. The van der Waals surface area contributed by atoms with Crippen LogP contribution in [0.15, 0.2) is 22.7 Å². The number of aromatic nitrogens is 3. The third-order valence-corrected chi connectivity index (χ3v) is 6.17. The monoisotopic (exact) mass is 400 g/mol. The minimum Gasteiger partial charge on any atom is -0.493 e. The Morgan fingerprint density at radius 1 is 1.21 bits per heavy atom. The van der Waals surface area contributed by atoms with Crippen LogP contribution in [0.3, 0.4) is 0 Å². The summed E-state index contributed by atoms with van der Waals surface area (Å²) in [5.74, 6) is 2.45. The maximum absolute atomic E-state index is 5.52. The van der Waals surface area contributed by atoms with Gasteiger partial charge in [-0.3, -0.25) is 4.90 Å². The van der Waals surface area contributed by atoms with Crippen molar-refractivity contribution >= 4 is 11.3 Å². The van der Waals surface area contributed by atoms with E-state index in [-0.39, 0.29) is 0 Å². The molecule has 0 spiro atoms. The van der Waals surface area contributed by atoms with Gasteiger partial charge in [0, 0.05) is 16.5 Å². The van der Waals surface area contributed by atoms with E-state index in [0.29, 0.717) is 35.8 Å². The molecule has 1 aliphatic rings. The first-order valence-corrected chi connectivity index (χ1v) is 10.1. The summed E-state index contributed by atoms with van der Waals surface area (Å²) in [7, 11) is 5.33. The number of fused-ring (bicyclic) bond motifs is 1. The zero-order valence-corrected chi connectivity index (χ0v) is 17.4. The number of hydrogen-bond acceptors (Lipinski definition) is 8. The lowest BCUT2D eigenvalue weighted by Gasteiger charge is -2.29. The smallest absolute Gasteiger partial charge is 0.241 e. The van der Waals surface area contributed by atoms with Crippen LogP contribution in [0.5, 0.6) is 11.5 Å². The van der Waals surface area contributed by atoms with E-state index in [1.54, 1.807) is 25.6 Å². The molecule has 1 atom stereocenters. The molecule has 8 heteroatoms. The maximum Gasteiger partial charge on any atom is 0.241 e. The summed E-state index contributed by atoms with van der Waals surface area (Å²) < 4.78 is 16.2. The second-order valence-electron chi connectivity index (χ2n) is 6.95. The van der Waals surface area contributed by atoms with Crippen molar-refractivity contribution in [2.24, 2.45) is 0 Å². The van der Waals surface area contributed by atoms with Crippen LogP contribution in [-0.4, -0.2) is 41.3 Å². The summed E-state index contributed by atoms with van der Waals surface area (Å²) in [6, 6.07) is 5.94. The van der Waals surface area contributed by atoms with Crippen molar-refractivity contribution in [1.29, 1.82) is 0 Å².